The smallest absolute Gasteiger partial charge is 0.255 e. The van der Waals surface area contributed by atoms with E-state index in [2.05, 4.69) is 15.9 Å². The van der Waals surface area contributed by atoms with E-state index in [-0.39, 0.29) is 23.8 Å². The molecule has 2 rings (SSSR count). The number of hydrogen-bond acceptors (Lipinski definition) is 3. The molecule has 1 aromatic heterocycles. The number of hydrogen-bond donors (Lipinski definition) is 1. The van der Waals surface area contributed by atoms with Gasteiger partial charge in [-0.2, -0.15) is 0 Å². The van der Waals surface area contributed by atoms with Gasteiger partial charge in [0.25, 0.3) is 5.91 Å². The molecule has 0 spiro atoms. The number of nitrogens with two attached hydrogens (primary N) is 1. The Morgan fingerprint density at radius 1 is 1.50 bits per heavy atom. The van der Waals surface area contributed by atoms with Gasteiger partial charge >= 0.3 is 0 Å². The molecule has 0 aliphatic carbocycles. The Balaban J connectivity index is 2.15. The van der Waals surface area contributed by atoms with Crippen molar-refractivity contribution in [3.8, 4) is 0 Å². The number of nitrogens with zero attached hydrogens (tertiary/aromatic N) is 1. The standard InChI is InChI=1S/C12H15BrN2O2S/c1-7-2-3-8(11(14)16)5-15(7)12(17)9-4-10(13)18-6-9/h4,6-8H,2-3,5H2,1H3,(H2,14,16)/t7-,8-/m1/s1. The summed E-state index contributed by atoms with van der Waals surface area (Å²) in [5, 5.41) is 1.83. The molecule has 2 N–H and O–H groups in total. The highest BCUT2D eigenvalue weighted by Crippen LogP contribution is 2.26. The van der Waals surface area contributed by atoms with Gasteiger partial charge in [0.15, 0.2) is 0 Å². The minimum Gasteiger partial charge on any atom is -0.369 e. The maximum absolute atomic E-state index is 12.4. The summed E-state index contributed by atoms with van der Waals surface area (Å²) in [6.07, 6.45) is 1.60. The van der Waals surface area contributed by atoms with Gasteiger partial charge in [-0.05, 0) is 41.8 Å². The molecular formula is C12H15BrN2O2S. The Morgan fingerprint density at radius 2 is 2.22 bits per heavy atom. The summed E-state index contributed by atoms with van der Waals surface area (Å²) in [6, 6.07) is 1.97. The minimum atomic E-state index is -0.314. The molecular weight excluding hydrogens is 316 g/mol. The molecule has 98 valence electrons. The third-order valence-electron chi connectivity index (χ3n) is 3.36. The van der Waals surface area contributed by atoms with Crippen LogP contribution in [0.4, 0.5) is 0 Å². The summed E-state index contributed by atoms with van der Waals surface area (Å²) in [5.74, 6) is -0.547. The molecule has 0 aromatic carbocycles. The molecule has 0 saturated carbocycles. The van der Waals surface area contributed by atoms with Crippen LogP contribution in [0.3, 0.4) is 0 Å². The Hall–Kier alpha value is -0.880. The number of thiophene rings is 1. The maximum atomic E-state index is 12.4. The van der Waals surface area contributed by atoms with E-state index >= 15 is 0 Å². The fraction of sp³-hybridized carbons (Fsp3) is 0.500. The lowest BCUT2D eigenvalue weighted by Crippen LogP contribution is -2.48. The molecule has 1 aliphatic heterocycles. The summed E-state index contributed by atoms with van der Waals surface area (Å²) in [5.41, 5.74) is 6.01. The van der Waals surface area contributed by atoms with Gasteiger partial charge in [-0.15, -0.1) is 11.3 Å². The van der Waals surface area contributed by atoms with Crippen molar-refractivity contribution in [1.82, 2.24) is 4.90 Å². The van der Waals surface area contributed by atoms with Crippen molar-refractivity contribution < 1.29 is 9.59 Å². The van der Waals surface area contributed by atoms with Crippen LogP contribution in [-0.4, -0.2) is 29.3 Å². The molecule has 1 fully saturated rings. The largest absolute Gasteiger partial charge is 0.369 e. The van der Waals surface area contributed by atoms with E-state index in [0.717, 1.165) is 16.6 Å². The van der Waals surface area contributed by atoms with Crippen molar-refractivity contribution in [1.29, 1.82) is 0 Å². The molecule has 18 heavy (non-hydrogen) atoms. The van der Waals surface area contributed by atoms with E-state index in [1.807, 2.05) is 18.4 Å². The molecule has 1 saturated heterocycles. The van der Waals surface area contributed by atoms with Crippen molar-refractivity contribution in [2.45, 2.75) is 25.8 Å². The maximum Gasteiger partial charge on any atom is 0.255 e. The van der Waals surface area contributed by atoms with Crippen LogP contribution < -0.4 is 5.73 Å². The van der Waals surface area contributed by atoms with E-state index in [9.17, 15) is 9.59 Å². The zero-order valence-corrected chi connectivity index (χ0v) is 12.5. The van der Waals surface area contributed by atoms with Gasteiger partial charge in [0, 0.05) is 18.0 Å². The Bertz CT molecular complexity index is 474. The van der Waals surface area contributed by atoms with Crippen LogP contribution in [-0.2, 0) is 4.79 Å². The quantitative estimate of drug-likeness (QED) is 0.903. The summed E-state index contributed by atoms with van der Waals surface area (Å²) < 4.78 is 0.932. The Morgan fingerprint density at radius 3 is 2.78 bits per heavy atom. The van der Waals surface area contributed by atoms with E-state index in [0.29, 0.717) is 12.1 Å². The number of amides is 2. The van der Waals surface area contributed by atoms with E-state index in [4.69, 9.17) is 5.73 Å². The van der Waals surface area contributed by atoms with Crippen LogP contribution in [0.15, 0.2) is 15.2 Å². The first-order chi connectivity index (χ1) is 8.49. The summed E-state index contributed by atoms with van der Waals surface area (Å²) in [4.78, 5) is 25.4. The van der Waals surface area contributed by atoms with E-state index in [1.165, 1.54) is 11.3 Å². The predicted molar refractivity (Wildman–Crippen MR) is 74.4 cm³/mol. The second kappa shape index (κ2) is 5.40. The topological polar surface area (TPSA) is 63.4 Å². The molecule has 0 radical (unpaired) electrons. The highest BCUT2D eigenvalue weighted by Gasteiger charge is 2.32. The first-order valence-electron chi connectivity index (χ1n) is 5.83. The monoisotopic (exact) mass is 330 g/mol. The molecule has 1 aliphatic rings. The number of carbonyl (C=O) groups is 2. The lowest BCUT2D eigenvalue weighted by atomic mass is 9.92. The predicted octanol–water partition coefficient (Wildman–Crippen LogP) is 2.24. The van der Waals surface area contributed by atoms with Gasteiger partial charge in [-0.3, -0.25) is 9.59 Å². The van der Waals surface area contributed by atoms with Gasteiger partial charge in [0.2, 0.25) is 5.91 Å². The SMILES string of the molecule is C[C@@H]1CC[C@@H](C(N)=O)CN1C(=O)c1csc(Br)c1. The zero-order chi connectivity index (χ0) is 13.3. The fourth-order valence-electron chi connectivity index (χ4n) is 2.21. The second-order valence-electron chi connectivity index (χ2n) is 4.62. The number of likely N-dealkylation sites (tertiary alicyclic amines) is 1. The molecule has 0 unspecified atom stereocenters. The van der Waals surface area contributed by atoms with Gasteiger partial charge < -0.3 is 10.6 Å². The summed E-state index contributed by atoms with van der Waals surface area (Å²) in [7, 11) is 0. The lowest BCUT2D eigenvalue weighted by molar-refractivity contribution is -0.123. The Kier molecular flexibility index (Phi) is 4.07. The van der Waals surface area contributed by atoms with Crippen LogP contribution in [0.25, 0.3) is 0 Å². The van der Waals surface area contributed by atoms with E-state index < -0.39 is 0 Å². The molecule has 2 heterocycles. The average molecular weight is 331 g/mol. The van der Waals surface area contributed by atoms with Crippen molar-refractivity contribution in [3.05, 3.63) is 20.8 Å². The normalized spacial score (nSPS) is 24.0. The highest BCUT2D eigenvalue weighted by atomic mass is 79.9. The second-order valence-corrected chi connectivity index (χ2v) is 6.91. The first kappa shape index (κ1) is 13.5. The average Bonchev–Trinajstić information content (AvgIpc) is 2.75. The third kappa shape index (κ3) is 2.75. The van der Waals surface area contributed by atoms with Crippen molar-refractivity contribution in [3.63, 3.8) is 0 Å². The van der Waals surface area contributed by atoms with Gasteiger partial charge in [0.05, 0.1) is 15.3 Å². The van der Waals surface area contributed by atoms with Crippen LogP contribution in [0.5, 0.6) is 0 Å². The zero-order valence-electron chi connectivity index (χ0n) is 10.1. The van der Waals surface area contributed by atoms with Crippen molar-refractivity contribution in [2.24, 2.45) is 11.7 Å². The summed E-state index contributed by atoms with van der Waals surface area (Å²) >= 11 is 4.83. The molecule has 4 nitrogen and oxygen atoms in total. The minimum absolute atomic E-state index is 0.0181. The van der Waals surface area contributed by atoms with Gasteiger partial charge in [-0.1, -0.05) is 0 Å². The van der Waals surface area contributed by atoms with E-state index in [1.54, 1.807) is 4.90 Å². The van der Waals surface area contributed by atoms with Gasteiger partial charge in [0.1, 0.15) is 0 Å². The molecule has 1 aromatic rings. The first-order valence-corrected chi connectivity index (χ1v) is 7.50. The fourth-order valence-corrected chi connectivity index (χ4v) is 3.34. The molecule has 2 atom stereocenters. The number of primary amides is 1. The summed E-state index contributed by atoms with van der Waals surface area (Å²) in [6.45, 7) is 2.44. The number of piperidine rings is 1. The van der Waals surface area contributed by atoms with Crippen molar-refractivity contribution >= 4 is 39.1 Å². The van der Waals surface area contributed by atoms with Crippen LogP contribution in [0.1, 0.15) is 30.1 Å². The number of rotatable bonds is 2. The molecule has 0 bridgehead atoms. The Labute approximate surface area is 118 Å². The van der Waals surface area contributed by atoms with Crippen LogP contribution >= 0.6 is 27.3 Å². The highest BCUT2D eigenvalue weighted by molar-refractivity contribution is 9.11. The number of carbonyl (C=O) groups excluding carboxylic acids is 2. The third-order valence-corrected chi connectivity index (χ3v) is 4.86. The molecule has 2 amide bonds. The van der Waals surface area contributed by atoms with Gasteiger partial charge in [-0.25, -0.2) is 0 Å². The number of halogens is 1. The molecule has 6 heteroatoms. The van der Waals surface area contributed by atoms with Crippen molar-refractivity contribution in [2.75, 3.05) is 6.54 Å². The van der Waals surface area contributed by atoms with Crippen LogP contribution in [0.2, 0.25) is 0 Å². The lowest BCUT2D eigenvalue weighted by Gasteiger charge is -2.36. The van der Waals surface area contributed by atoms with Crippen LogP contribution in [0, 0.1) is 5.92 Å².